The van der Waals surface area contributed by atoms with Crippen LogP contribution in [-0.2, 0) is 6.54 Å². The molecule has 0 bridgehead atoms. The lowest BCUT2D eigenvalue weighted by atomic mass is 9.69. The molecule has 18 heavy (non-hydrogen) atoms. The van der Waals surface area contributed by atoms with Gasteiger partial charge in [0.1, 0.15) is 0 Å². The second kappa shape index (κ2) is 6.06. The first-order valence-corrected chi connectivity index (χ1v) is 8.95. The Bertz CT molecular complexity index is 390. The van der Waals surface area contributed by atoms with Gasteiger partial charge in [-0.3, -0.25) is 0 Å². The highest BCUT2D eigenvalue weighted by Crippen LogP contribution is 2.40. The molecule has 1 aromatic heterocycles. The highest BCUT2D eigenvalue weighted by molar-refractivity contribution is 9.10. The maximum absolute atomic E-state index is 3.78. The predicted molar refractivity (Wildman–Crippen MR) is 81.9 cm³/mol. The lowest BCUT2D eigenvalue weighted by Crippen LogP contribution is -2.38. The molecule has 0 aliphatic heterocycles. The van der Waals surface area contributed by atoms with Gasteiger partial charge in [-0.2, -0.15) is 0 Å². The van der Waals surface area contributed by atoms with Crippen LogP contribution in [0.5, 0.6) is 0 Å². The molecule has 1 heterocycles. The van der Waals surface area contributed by atoms with Crippen molar-refractivity contribution in [3.63, 3.8) is 0 Å². The molecule has 1 N–H and O–H groups in total. The molecule has 100 valence electrons. The maximum Gasteiger partial charge on any atom is 0.0327 e. The molecule has 2 aliphatic rings. The Kier molecular flexibility index (Phi) is 4.42. The van der Waals surface area contributed by atoms with E-state index in [4.69, 9.17) is 0 Å². The first-order chi connectivity index (χ1) is 8.83. The van der Waals surface area contributed by atoms with Gasteiger partial charge in [-0.1, -0.05) is 25.7 Å². The van der Waals surface area contributed by atoms with E-state index in [1.54, 1.807) is 0 Å². The average Bonchev–Trinajstić information content (AvgIpc) is 2.82. The van der Waals surface area contributed by atoms with Crippen LogP contribution in [0.15, 0.2) is 15.9 Å². The average molecular weight is 328 g/mol. The van der Waals surface area contributed by atoms with Gasteiger partial charge in [0.25, 0.3) is 0 Å². The first kappa shape index (κ1) is 13.1. The van der Waals surface area contributed by atoms with Crippen LogP contribution < -0.4 is 5.32 Å². The van der Waals surface area contributed by atoms with Gasteiger partial charge in [-0.25, -0.2) is 0 Å². The zero-order valence-corrected chi connectivity index (χ0v) is 13.2. The van der Waals surface area contributed by atoms with Gasteiger partial charge in [0.05, 0.1) is 0 Å². The first-order valence-electron chi connectivity index (χ1n) is 7.28. The van der Waals surface area contributed by atoms with E-state index in [1.165, 1.54) is 54.3 Å². The number of rotatable bonds is 3. The van der Waals surface area contributed by atoms with E-state index >= 15 is 0 Å². The van der Waals surface area contributed by atoms with Crippen LogP contribution in [0.25, 0.3) is 0 Å². The van der Waals surface area contributed by atoms with Gasteiger partial charge < -0.3 is 5.32 Å². The summed E-state index contributed by atoms with van der Waals surface area (Å²) in [4.78, 5) is 1.45. The number of halogens is 1. The lowest BCUT2D eigenvalue weighted by Gasteiger charge is -2.39. The number of nitrogens with one attached hydrogen (secondary N) is 1. The van der Waals surface area contributed by atoms with Gasteiger partial charge in [0.2, 0.25) is 0 Å². The summed E-state index contributed by atoms with van der Waals surface area (Å²) < 4.78 is 1.27. The van der Waals surface area contributed by atoms with Crippen molar-refractivity contribution in [1.29, 1.82) is 0 Å². The van der Waals surface area contributed by atoms with E-state index in [0.29, 0.717) is 0 Å². The number of hydrogen-bond donors (Lipinski definition) is 1. The fourth-order valence-corrected chi connectivity index (χ4v) is 5.19. The predicted octanol–water partition coefficient (Wildman–Crippen LogP) is 4.96. The van der Waals surface area contributed by atoms with Crippen molar-refractivity contribution in [3.05, 3.63) is 20.8 Å². The van der Waals surface area contributed by atoms with Crippen molar-refractivity contribution in [2.75, 3.05) is 0 Å². The molecule has 0 amide bonds. The van der Waals surface area contributed by atoms with Crippen molar-refractivity contribution in [1.82, 2.24) is 5.32 Å². The van der Waals surface area contributed by atoms with Gasteiger partial charge in [-0.05, 0) is 58.5 Å². The topological polar surface area (TPSA) is 12.0 Å². The van der Waals surface area contributed by atoms with E-state index in [2.05, 4.69) is 32.7 Å². The fourth-order valence-electron chi connectivity index (χ4n) is 3.75. The summed E-state index contributed by atoms with van der Waals surface area (Å²) in [6, 6.07) is 2.91. The minimum atomic E-state index is 0.762. The third kappa shape index (κ3) is 3.00. The third-order valence-corrected chi connectivity index (χ3v) is 6.71. The Morgan fingerprint density at radius 2 is 2.00 bits per heavy atom. The summed E-state index contributed by atoms with van der Waals surface area (Å²) in [5.41, 5.74) is 0. The summed E-state index contributed by atoms with van der Waals surface area (Å²) in [7, 11) is 0. The fraction of sp³-hybridized carbons (Fsp3) is 0.733. The number of hydrogen-bond acceptors (Lipinski definition) is 2. The van der Waals surface area contributed by atoms with E-state index in [0.717, 1.165) is 24.4 Å². The van der Waals surface area contributed by atoms with Gasteiger partial charge in [0.15, 0.2) is 0 Å². The van der Waals surface area contributed by atoms with Crippen LogP contribution in [0.3, 0.4) is 0 Å². The highest BCUT2D eigenvalue weighted by atomic mass is 79.9. The standard InChI is InChI=1S/C15H22BrNS/c16-14-7-8-18-15(14)10-17-13-6-5-11-3-1-2-4-12(11)9-13/h7-8,11-13,17H,1-6,9-10H2. The smallest absolute Gasteiger partial charge is 0.0327 e. The molecule has 0 saturated heterocycles. The molecule has 2 fully saturated rings. The molecule has 3 rings (SSSR count). The molecular formula is C15H22BrNS. The summed E-state index contributed by atoms with van der Waals surface area (Å²) in [6.45, 7) is 1.04. The number of thiophene rings is 1. The monoisotopic (exact) mass is 327 g/mol. The van der Waals surface area contributed by atoms with E-state index < -0.39 is 0 Å². The highest BCUT2D eigenvalue weighted by Gasteiger charge is 2.31. The van der Waals surface area contributed by atoms with Gasteiger partial charge >= 0.3 is 0 Å². The zero-order valence-electron chi connectivity index (χ0n) is 10.8. The molecule has 0 aromatic carbocycles. The molecule has 1 nitrogen and oxygen atoms in total. The summed E-state index contributed by atoms with van der Waals surface area (Å²) in [6.07, 6.45) is 10.2. The maximum atomic E-state index is 3.78. The van der Waals surface area contributed by atoms with Crippen LogP contribution in [0, 0.1) is 11.8 Å². The normalized spacial score (nSPS) is 32.2. The molecule has 0 radical (unpaired) electrons. The largest absolute Gasteiger partial charge is 0.309 e. The Hall–Kier alpha value is 0.140. The lowest BCUT2D eigenvalue weighted by molar-refractivity contribution is 0.143. The van der Waals surface area contributed by atoms with Crippen LogP contribution in [-0.4, -0.2) is 6.04 Å². The molecule has 2 aliphatic carbocycles. The summed E-state index contributed by atoms with van der Waals surface area (Å²) >= 11 is 5.47. The van der Waals surface area contributed by atoms with E-state index in [9.17, 15) is 0 Å². The third-order valence-electron chi connectivity index (χ3n) is 4.78. The Labute approximate surface area is 122 Å². The van der Waals surface area contributed by atoms with Crippen molar-refractivity contribution in [2.24, 2.45) is 11.8 Å². The van der Waals surface area contributed by atoms with Crippen LogP contribution in [0.4, 0.5) is 0 Å². The van der Waals surface area contributed by atoms with Crippen molar-refractivity contribution in [2.45, 2.75) is 57.5 Å². The molecular weight excluding hydrogens is 306 g/mol. The molecule has 3 atom stereocenters. The van der Waals surface area contributed by atoms with E-state index in [1.807, 2.05) is 11.3 Å². The van der Waals surface area contributed by atoms with Crippen LogP contribution >= 0.6 is 27.3 Å². The molecule has 3 unspecified atom stereocenters. The Morgan fingerprint density at radius 1 is 1.17 bits per heavy atom. The second-order valence-electron chi connectivity index (χ2n) is 5.89. The van der Waals surface area contributed by atoms with Crippen molar-refractivity contribution >= 4 is 27.3 Å². The Morgan fingerprint density at radius 3 is 2.78 bits per heavy atom. The van der Waals surface area contributed by atoms with E-state index in [-0.39, 0.29) is 0 Å². The number of fused-ring (bicyclic) bond motifs is 1. The summed E-state index contributed by atoms with van der Waals surface area (Å²) in [5, 5.41) is 5.94. The molecule has 1 aromatic rings. The van der Waals surface area contributed by atoms with Crippen LogP contribution in [0.2, 0.25) is 0 Å². The zero-order chi connectivity index (χ0) is 12.4. The minimum Gasteiger partial charge on any atom is -0.309 e. The molecule has 3 heteroatoms. The van der Waals surface area contributed by atoms with Crippen molar-refractivity contribution in [3.8, 4) is 0 Å². The second-order valence-corrected chi connectivity index (χ2v) is 7.74. The SMILES string of the molecule is Brc1ccsc1CNC1CCC2CCCCC2C1. The molecule has 0 spiro atoms. The quantitative estimate of drug-likeness (QED) is 0.827. The molecule has 2 saturated carbocycles. The van der Waals surface area contributed by atoms with Gasteiger partial charge in [-0.15, -0.1) is 11.3 Å². The summed E-state index contributed by atoms with van der Waals surface area (Å²) in [5.74, 6) is 2.09. The van der Waals surface area contributed by atoms with Crippen molar-refractivity contribution < 1.29 is 0 Å². The Balaban J connectivity index is 1.50. The van der Waals surface area contributed by atoms with Gasteiger partial charge in [0, 0.05) is 21.9 Å². The minimum absolute atomic E-state index is 0.762. The van der Waals surface area contributed by atoms with Crippen LogP contribution in [0.1, 0.15) is 49.8 Å².